The van der Waals surface area contributed by atoms with Crippen LogP contribution in [0, 0.1) is 16.7 Å². The van der Waals surface area contributed by atoms with Crippen LogP contribution in [0.15, 0.2) is 90.3 Å². The molecule has 214 valence electrons. The highest BCUT2D eigenvalue weighted by Gasteiger charge is 2.69. The number of cyclic esters (lactones) is 1. The second kappa shape index (κ2) is 10.7. The van der Waals surface area contributed by atoms with Gasteiger partial charge in [-0.25, -0.2) is 14.4 Å². The number of pyridine rings is 1. The molecule has 0 spiro atoms. The molecular weight excluding hydrogens is 522 g/mol. The molecular formula is C33H35NO7. The molecule has 6 atom stereocenters. The zero-order chi connectivity index (χ0) is 29.4. The summed E-state index contributed by atoms with van der Waals surface area (Å²) in [5, 5.41) is 12.5. The molecule has 5 rings (SSSR count). The van der Waals surface area contributed by atoms with Crippen LogP contribution in [0.2, 0.25) is 0 Å². The van der Waals surface area contributed by atoms with Crippen LogP contribution in [-0.2, 0) is 19.0 Å². The predicted octanol–water partition coefficient (Wildman–Crippen LogP) is 5.01. The van der Waals surface area contributed by atoms with Crippen LogP contribution < -0.4 is 0 Å². The summed E-state index contributed by atoms with van der Waals surface area (Å²) < 4.78 is 17.5. The summed E-state index contributed by atoms with van der Waals surface area (Å²) in [7, 11) is 0. The van der Waals surface area contributed by atoms with Crippen molar-refractivity contribution in [3.05, 3.63) is 101 Å². The SMILES string of the molecule is CC1=CCC[C@H]2[C@@]1(C)[C@@H](OC(=O)c1ccccc1)[C@H](OC(=O)c1cccnc1)[C@](C)(O)[C@]2(C)/C=C/C1=CC(=O)OC1. The van der Waals surface area contributed by atoms with Crippen LogP contribution in [0.5, 0.6) is 0 Å². The van der Waals surface area contributed by atoms with Gasteiger partial charge in [-0.05, 0) is 62.4 Å². The van der Waals surface area contributed by atoms with E-state index in [-0.39, 0.29) is 18.1 Å². The number of rotatable bonds is 6. The lowest BCUT2D eigenvalue weighted by atomic mass is 9.44. The van der Waals surface area contributed by atoms with E-state index in [0.29, 0.717) is 17.6 Å². The van der Waals surface area contributed by atoms with Crippen molar-refractivity contribution in [3.8, 4) is 0 Å². The number of carbonyl (C=O) groups excluding carboxylic acids is 3. The second-order valence-corrected chi connectivity index (χ2v) is 11.6. The van der Waals surface area contributed by atoms with Crippen molar-refractivity contribution < 1.29 is 33.7 Å². The van der Waals surface area contributed by atoms with E-state index in [0.717, 1.165) is 12.0 Å². The fraction of sp³-hybridized carbons (Fsp3) is 0.394. The van der Waals surface area contributed by atoms with Crippen LogP contribution >= 0.6 is 0 Å². The normalized spacial score (nSPS) is 32.9. The number of allylic oxidation sites excluding steroid dienone is 1. The first-order valence-corrected chi connectivity index (χ1v) is 13.8. The lowest BCUT2D eigenvalue weighted by molar-refractivity contribution is -0.251. The van der Waals surface area contributed by atoms with Gasteiger partial charge in [0.1, 0.15) is 12.2 Å². The third kappa shape index (κ3) is 4.90. The Morgan fingerprint density at radius 3 is 2.37 bits per heavy atom. The molecule has 2 aromatic rings. The maximum Gasteiger partial charge on any atom is 0.340 e. The summed E-state index contributed by atoms with van der Waals surface area (Å²) >= 11 is 0. The molecule has 0 bridgehead atoms. The van der Waals surface area contributed by atoms with Gasteiger partial charge in [-0.3, -0.25) is 4.98 Å². The zero-order valence-corrected chi connectivity index (χ0v) is 23.7. The van der Waals surface area contributed by atoms with Crippen molar-refractivity contribution in [1.82, 2.24) is 4.98 Å². The molecule has 1 aliphatic heterocycles. The Morgan fingerprint density at radius 1 is 1.02 bits per heavy atom. The van der Waals surface area contributed by atoms with Gasteiger partial charge in [-0.2, -0.15) is 0 Å². The topological polar surface area (TPSA) is 112 Å². The summed E-state index contributed by atoms with van der Waals surface area (Å²) in [6.45, 7) is 7.71. The van der Waals surface area contributed by atoms with Crippen LogP contribution in [-0.4, -0.2) is 52.4 Å². The fourth-order valence-electron chi connectivity index (χ4n) is 6.71. The van der Waals surface area contributed by atoms with Crippen molar-refractivity contribution in [2.24, 2.45) is 16.7 Å². The number of carbonyl (C=O) groups is 3. The lowest BCUT2D eigenvalue weighted by Gasteiger charge is -2.64. The Hall–Kier alpha value is -4.04. The van der Waals surface area contributed by atoms with Crippen LogP contribution in [0.3, 0.4) is 0 Å². The predicted molar refractivity (Wildman–Crippen MR) is 151 cm³/mol. The molecule has 0 unspecified atom stereocenters. The van der Waals surface area contributed by atoms with Gasteiger partial charge >= 0.3 is 17.9 Å². The van der Waals surface area contributed by atoms with E-state index in [9.17, 15) is 19.5 Å². The Morgan fingerprint density at radius 2 is 1.71 bits per heavy atom. The minimum absolute atomic E-state index is 0.144. The van der Waals surface area contributed by atoms with Crippen molar-refractivity contribution >= 4 is 17.9 Å². The van der Waals surface area contributed by atoms with E-state index in [1.165, 1.54) is 12.3 Å². The van der Waals surface area contributed by atoms with Gasteiger partial charge in [0, 0.05) is 29.3 Å². The highest BCUT2D eigenvalue weighted by molar-refractivity contribution is 5.90. The average Bonchev–Trinajstić information content (AvgIpc) is 3.39. The first-order chi connectivity index (χ1) is 19.5. The van der Waals surface area contributed by atoms with E-state index in [2.05, 4.69) is 11.1 Å². The lowest BCUT2D eigenvalue weighted by Crippen LogP contribution is -2.72. The Labute approximate surface area is 239 Å². The molecule has 0 saturated heterocycles. The molecule has 41 heavy (non-hydrogen) atoms. The first-order valence-electron chi connectivity index (χ1n) is 13.8. The van der Waals surface area contributed by atoms with Crippen LogP contribution in [0.25, 0.3) is 0 Å². The number of esters is 3. The number of aliphatic hydroxyl groups is 1. The molecule has 3 aliphatic rings. The van der Waals surface area contributed by atoms with Crippen LogP contribution in [0.4, 0.5) is 0 Å². The highest BCUT2D eigenvalue weighted by Crippen LogP contribution is 2.63. The first kappa shape index (κ1) is 28.5. The largest absolute Gasteiger partial charge is 0.458 e. The molecule has 8 nitrogen and oxygen atoms in total. The average molecular weight is 558 g/mol. The molecule has 8 heteroatoms. The van der Waals surface area contributed by atoms with Crippen molar-refractivity contribution in [3.63, 3.8) is 0 Å². The van der Waals surface area contributed by atoms with Gasteiger partial charge in [0.25, 0.3) is 0 Å². The Kier molecular flexibility index (Phi) is 7.46. The number of nitrogens with zero attached hydrogens (tertiary/aromatic N) is 1. The summed E-state index contributed by atoms with van der Waals surface area (Å²) in [4.78, 5) is 42.7. The van der Waals surface area contributed by atoms with Gasteiger partial charge in [-0.1, -0.05) is 55.8 Å². The van der Waals surface area contributed by atoms with Gasteiger partial charge in [-0.15, -0.1) is 0 Å². The van der Waals surface area contributed by atoms with E-state index in [1.54, 1.807) is 55.6 Å². The maximum absolute atomic E-state index is 13.5. The van der Waals surface area contributed by atoms with E-state index in [1.807, 2.05) is 32.9 Å². The third-order valence-electron chi connectivity index (χ3n) is 9.42. The smallest absolute Gasteiger partial charge is 0.340 e. The number of ether oxygens (including phenoxy) is 3. The fourth-order valence-corrected chi connectivity index (χ4v) is 6.71. The summed E-state index contributed by atoms with van der Waals surface area (Å²) in [6.07, 6.45) is 9.38. The molecule has 1 aromatic heterocycles. The minimum Gasteiger partial charge on any atom is -0.458 e. The van der Waals surface area contributed by atoms with Gasteiger partial charge in [0.05, 0.1) is 11.1 Å². The zero-order valence-electron chi connectivity index (χ0n) is 23.7. The highest BCUT2D eigenvalue weighted by atomic mass is 16.6. The van der Waals surface area contributed by atoms with Gasteiger partial charge in [0.15, 0.2) is 12.2 Å². The monoisotopic (exact) mass is 557 g/mol. The second-order valence-electron chi connectivity index (χ2n) is 11.6. The molecule has 2 aliphatic carbocycles. The molecule has 1 saturated carbocycles. The van der Waals surface area contributed by atoms with Crippen LogP contribution in [0.1, 0.15) is 61.3 Å². The number of benzene rings is 1. The number of hydrogen-bond acceptors (Lipinski definition) is 8. The third-order valence-corrected chi connectivity index (χ3v) is 9.42. The molecule has 1 aromatic carbocycles. The van der Waals surface area contributed by atoms with E-state index < -0.39 is 46.5 Å². The quantitative estimate of drug-likeness (QED) is 0.300. The van der Waals surface area contributed by atoms with Gasteiger partial charge < -0.3 is 19.3 Å². The van der Waals surface area contributed by atoms with Crippen molar-refractivity contribution in [1.29, 1.82) is 0 Å². The van der Waals surface area contributed by atoms with Gasteiger partial charge in [0.2, 0.25) is 0 Å². The standard InChI is InChI=1S/C33H35NO7/c1-21-10-8-14-25-31(2,16-15-22-18-26(35)39-20-22)33(4,38)28(41-30(37)24-13-9-17-34-19-24)27(32(21,25)3)40-29(36)23-11-6-5-7-12-23/h5-7,9-13,15-19,25,27-28,38H,8,14,20H2,1-4H3/b16-15+/t25-,27+,28+,31-,32+,33+/m1/s1. The number of aromatic nitrogens is 1. The van der Waals surface area contributed by atoms with Crippen molar-refractivity contribution in [2.45, 2.75) is 58.3 Å². The molecule has 2 heterocycles. The van der Waals surface area contributed by atoms with E-state index >= 15 is 0 Å². The molecule has 0 radical (unpaired) electrons. The Bertz CT molecular complexity index is 1430. The minimum atomic E-state index is -1.70. The van der Waals surface area contributed by atoms with E-state index in [4.69, 9.17) is 14.2 Å². The Balaban J connectivity index is 1.64. The molecule has 1 N–H and O–H groups in total. The number of hydrogen-bond donors (Lipinski definition) is 1. The van der Waals surface area contributed by atoms with Crippen molar-refractivity contribution in [2.75, 3.05) is 6.61 Å². The molecule has 0 amide bonds. The summed E-state index contributed by atoms with van der Waals surface area (Å²) in [5.74, 6) is -1.89. The maximum atomic E-state index is 13.5. The molecule has 1 fully saturated rings. The summed E-state index contributed by atoms with van der Waals surface area (Å²) in [6, 6.07) is 11.8. The number of fused-ring (bicyclic) bond motifs is 1. The summed E-state index contributed by atoms with van der Waals surface area (Å²) in [5.41, 5.74) is -1.25.